The number of likely N-dealkylation sites (tertiary alicyclic amines) is 1. The number of rotatable bonds is 4. The summed E-state index contributed by atoms with van der Waals surface area (Å²) in [5.74, 6) is 0. The molecule has 3 N–H and O–H groups in total. The summed E-state index contributed by atoms with van der Waals surface area (Å²) in [6.45, 7) is 0.0516. The largest absolute Gasteiger partial charge is 0.465 e. The van der Waals surface area contributed by atoms with Crippen molar-refractivity contribution in [2.24, 2.45) is 0 Å². The Kier molecular flexibility index (Phi) is 4.99. The standard InChI is InChI=1S/C14H18N2O5/c17-8-12-6-11(7-16(12)14(19)20)15-13(18)21-9-10-4-2-1-3-5-10/h1-5,11-12,17H,6-9H2,(H,15,18)(H,19,20)/t11-,12+/m1/s1. The zero-order valence-corrected chi connectivity index (χ0v) is 11.4. The predicted molar refractivity (Wildman–Crippen MR) is 73.8 cm³/mol. The summed E-state index contributed by atoms with van der Waals surface area (Å²) in [6, 6.07) is 8.43. The van der Waals surface area contributed by atoms with Crippen molar-refractivity contribution in [2.45, 2.75) is 25.1 Å². The van der Waals surface area contributed by atoms with E-state index < -0.39 is 18.2 Å². The Bertz CT molecular complexity index is 493. The van der Waals surface area contributed by atoms with Crippen molar-refractivity contribution < 1.29 is 24.5 Å². The van der Waals surface area contributed by atoms with Crippen molar-refractivity contribution in [3.05, 3.63) is 35.9 Å². The lowest BCUT2D eigenvalue weighted by Gasteiger charge is -2.18. The predicted octanol–water partition coefficient (Wildman–Crippen LogP) is 1.03. The molecule has 1 aliphatic rings. The van der Waals surface area contributed by atoms with Crippen LogP contribution in [0.4, 0.5) is 9.59 Å². The van der Waals surface area contributed by atoms with Crippen LogP contribution in [0.1, 0.15) is 12.0 Å². The Morgan fingerprint density at radius 2 is 2.05 bits per heavy atom. The molecular weight excluding hydrogens is 276 g/mol. The van der Waals surface area contributed by atoms with Crippen molar-refractivity contribution >= 4 is 12.2 Å². The first kappa shape index (κ1) is 15.1. The third-order valence-corrected chi connectivity index (χ3v) is 3.41. The fourth-order valence-corrected chi connectivity index (χ4v) is 2.36. The van der Waals surface area contributed by atoms with E-state index in [1.54, 1.807) is 0 Å². The van der Waals surface area contributed by atoms with Crippen LogP contribution in [-0.2, 0) is 11.3 Å². The maximum absolute atomic E-state index is 11.7. The van der Waals surface area contributed by atoms with Gasteiger partial charge in [0.05, 0.1) is 18.7 Å². The van der Waals surface area contributed by atoms with Crippen LogP contribution in [0.25, 0.3) is 0 Å². The Hall–Kier alpha value is -2.28. The highest BCUT2D eigenvalue weighted by molar-refractivity contribution is 5.69. The van der Waals surface area contributed by atoms with Crippen LogP contribution >= 0.6 is 0 Å². The van der Waals surface area contributed by atoms with Gasteiger partial charge in [0.2, 0.25) is 0 Å². The first-order valence-corrected chi connectivity index (χ1v) is 6.67. The highest BCUT2D eigenvalue weighted by Gasteiger charge is 2.35. The van der Waals surface area contributed by atoms with Crippen LogP contribution in [0.3, 0.4) is 0 Å². The zero-order valence-electron chi connectivity index (χ0n) is 11.4. The smallest absolute Gasteiger partial charge is 0.407 e. The SMILES string of the molecule is O=C(N[C@@H]1C[C@@H](CO)N(C(=O)O)C1)OCc1ccccc1. The summed E-state index contributed by atoms with van der Waals surface area (Å²) in [4.78, 5) is 23.8. The summed E-state index contributed by atoms with van der Waals surface area (Å²) in [6.07, 6.45) is -1.31. The molecule has 7 nitrogen and oxygen atoms in total. The van der Waals surface area contributed by atoms with Crippen molar-refractivity contribution in [3.63, 3.8) is 0 Å². The molecule has 1 aliphatic heterocycles. The van der Waals surface area contributed by atoms with Crippen LogP contribution in [0.2, 0.25) is 0 Å². The fourth-order valence-electron chi connectivity index (χ4n) is 2.36. The van der Waals surface area contributed by atoms with Gasteiger partial charge in [-0.05, 0) is 12.0 Å². The van der Waals surface area contributed by atoms with E-state index in [4.69, 9.17) is 14.9 Å². The van der Waals surface area contributed by atoms with Gasteiger partial charge in [-0.2, -0.15) is 0 Å². The van der Waals surface area contributed by atoms with Gasteiger partial charge in [-0.3, -0.25) is 0 Å². The first-order chi connectivity index (χ1) is 10.1. The van der Waals surface area contributed by atoms with E-state index in [-0.39, 0.29) is 25.8 Å². The van der Waals surface area contributed by atoms with Crippen LogP contribution in [-0.4, -0.2) is 52.5 Å². The number of nitrogens with one attached hydrogen (secondary N) is 1. The molecule has 0 saturated carbocycles. The number of carbonyl (C=O) groups is 2. The number of nitrogens with zero attached hydrogens (tertiary/aromatic N) is 1. The molecule has 1 aromatic carbocycles. The average Bonchev–Trinajstić information content (AvgIpc) is 2.89. The quantitative estimate of drug-likeness (QED) is 0.770. The van der Waals surface area contributed by atoms with Crippen LogP contribution in [0.15, 0.2) is 30.3 Å². The van der Waals surface area contributed by atoms with Crippen molar-refractivity contribution in [3.8, 4) is 0 Å². The zero-order chi connectivity index (χ0) is 15.2. The lowest BCUT2D eigenvalue weighted by Crippen LogP contribution is -2.39. The second-order valence-electron chi connectivity index (χ2n) is 4.91. The minimum Gasteiger partial charge on any atom is -0.465 e. The molecule has 1 heterocycles. The lowest BCUT2D eigenvalue weighted by atomic mass is 10.2. The van der Waals surface area contributed by atoms with E-state index in [1.165, 1.54) is 0 Å². The molecule has 114 valence electrons. The van der Waals surface area contributed by atoms with Crippen LogP contribution in [0.5, 0.6) is 0 Å². The Balaban J connectivity index is 1.79. The second kappa shape index (κ2) is 6.94. The molecule has 7 heteroatoms. The Morgan fingerprint density at radius 1 is 1.33 bits per heavy atom. The number of alkyl carbamates (subject to hydrolysis) is 1. The van der Waals surface area contributed by atoms with Gasteiger partial charge >= 0.3 is 12.2 Å². The minimum atomic E-state index is -1.10. The molecule has 0 aliphatic carbocycles. The van der Waals surface area contributed by atoms with Crippen molar-refractivity contribution in [2.75, 3.05) is 13.2 Å². The van der Waals surface area contributed by atoms with Gasteiger partial charge in [-0.15, -0.1) is 0 Å². The number of carbonyl (C=O) groups excluding carboxylic acids is 1. The highest BCUT2D eigenvalue weighted by Crippen LogP contribution is 2.17. The molecule has 0 aromatic heterocycles. The molecule has 0 bridgehead atoms. The van der Waals surface area contributed by atoms with Crippen LogP contribution < -0.4 is 5.32 Å². The van der Waals surface area contributed by atoms with Gasteiger partial charge in [0.15, 0.2) is 0 Å². The topological polar surface area (TPSA) is 99.1 Å². The molecule has 1 saturated heterocycles. The first-order valence-electron chi connectivity index (χ1n) is 6.67. The summed E-state index contributed by atoms with van der Waals surface area (Å²) >= 11 is 0. The summed E-state index contributed by atoms with van der Waals surface area (Å²) < 4.78 is 5.08. The molecule has 2 amide bonds. The Labute approximate surface area is 122 Å². The van der Waals surface area contributed by atoms with Crippen molar-refractivity contribution in [1.82, 2.24) is 10.2 Å². The van der Waals surface area contributed by atoms with E-state index >= 15 is 0 Å². The summed E-state index contributed by atoms with van der Waals surface area (Å²) in [5, 5.41) is 20.8. The number of aliphatic hydroxyl groups is 1. The summed E-state index contributed by atoms with van der Waals surface area (Å²) in [7, 11) is 0. The van der Waals surface area contributed by atoms with Gasteiger partial charge in [-0.1, -0.05) is 30.3 Å². The number of carboxylic acid groups (broad SMARTS) is 1. The number of benzene rings is 1. The van der Waals surface area contributed by atoms with Gasteiger partial charge < -0.3 is 25.2 Å². The molecule has 21 heavy (non-hydrogen) atoms. The third kappa shape index (κ3) is 4.09. The van der Waals surface area contributed by atoms with E-state index in [2.05, 4.69) is 5.32 Å². The molecule has 1 aromatic rings. The molecule has 0 radical (unpaired) electrons. The molecule has 0 spiro atoms. The van der Waals surface area contributed by atoms with E-state index in [0.717, 1.165) is 10.5 Å². The highest BCUT2D eigenvalue weighted by atomic mass is 16.5. The third-order valence-electron chi connectivity index (χ3n) is 3.41. The number of amides is 2. The summed E-state index contributed by atoms with van der Waals surface area (Å²) in [5.41, 5.74) is 0.875. The normalized spacial score (nSPS) is 21.1. The Morgan fingerprint density at radius 3 is 2.62 bits per heavy atom. The van der Waals surface area contributed by atoms with Gasteiger partial charge in [0, 0.05) is 6.54 Å². The molecular formula is C14H18N2O5. The van der Waals surface area contributed by atoms with E-state index in [0.29, 0.717) is 6.42 Å². The maximum atomic E-state index is 11.7. The van der Waals surface area contributed by atoms with Crippen LogP contribution in [0, 0.1) is 0 Å². The van der Waals surface area contributed by atoms with Gasteiger partial charge in [0.25, 0.3) is 0 Å². The van der Waals surface area contributed by atoms with E-state index in [1.807, 2.05) is 30.3 Å². The monoisotopic (exact) mass is 294 g/mol. The fraction of sp³-hybridized carbons (Fsp3) is 0.429. The number of hydrogen-bond donors (Lipinski definition) is 3. The number of ether oxygens (including phenoxy) is 1. The molecule has 2 atom stereocenters. The lowest BCUT2D eigenvalue weighted by molar-refractivity contribution is 0.117. The molecule has 0 unspecified atom stereocenters. The average molecular weight is 294 g/mol. The number of aliphatic hydroxyl groups excluding tert-OH is 1. The second-order valence-corrected chi connectivity index (χ2v) is 4.91. The maximum Gasteiger partial charge on any atom is 0.407 e. The molecule has 1 fully saturated rings. The van der Waals surface area contributed by atoms with Gasteiger partial charge in [-0.25, -0.2) is 9.59 Å². The molecule has 2 rings (SSSR count). The van der Waals surface area contributed by atoms with Crippen molar-refractivity contribution in [1.29, 1.82) is 0 Å². The van der Waals surface area contributed by atoms with E-state index in [9.17, 15) is 9.59 Å². The van der Waals surface area contributed by atoms with Gasteiger partial charge in [0.1, 0.15) is 6.61 Å². The minimum absolute atomic E-state index is 0.154. The number of hydrogen-bond acceptors (Lipinski definition) is 4.